The largest absolute Gasteiger partial charge is 0.488 e. The highest BCUT2D eigenvalue weighted by Gasteiger charge is 2.32. The van der Waals surface area contributed by atoms with Crippen molar-refractivity contribution in [1.29, 1.82) is 0 Å². The van der Waals surface area contributed by atoms with Gasteiger partial charge in [0.25, 0.3) is 0 Å². The lowest BCUT2D eigenvalue weighted by Gasteiger charge is -2.18. The summed E-state index contributed by atoms with van der Waals surface area (Å²) in [7, 11) is 0. The normalized spacial score (nSPS) is 16.0. The molecule has 0 spiro atoms. The lowest BCUT2D eigenvalue weighted by molar-refractivity contribution is -0.132. The fourth-order valence-corrected chi connectivity index (χ4v) is 2.68. The van der Waals surface area contributed by atoms with Gasteiger partial charge in [-0.25, -0.2) is 0 Å². The van der Waals surface area contributed by atoms with Crippen molar-refractivity contribution in [3.63, 3.8) is 0 Å². The van der Waals surface area contributed by atoms with Crippen LogP contribution in [0.15, 0.2) is 18.2 Å². The highest BCUT2D eigenvalue weighted by Crippen LogP contribution is 2.41. The summed E-state index contributed by atoms with van der Waals surface area (Å²) in [5.74, 6) is 1.38. The van der Waals surface area contributed by atoms with Gasteiger partial charge in [-0.1, -0.05) is 12.1 Å². The Morgan fingerprint density at radius 3 is 2.88 bits per heavy atom. The maximum atomic E-state index is 11.9. The second kappa shape index (κ2) is 9.06. The van der Waals surface area contributed by atoms with Crippen LogP contribution in [0.25, 0.3) is 0 Å². The van der Waals surface area contributed by atoms with E-state index in [9.17, 15) is 4.79 Å². The molecule has 0 fully saturated rings. The molecular weight excluding hydrogens is 322 g/mol. The van der Waals surface area contributed by atoms with E-state index in [0.29, 0.717) is 33.0 Å². The zero-order valence-corrected chi connectivity index (χ0v) is 15.6. The van der Waals surface area contributed by atoms with Gasteiger partial charge in [0.1, 0.15) is 18.3 Å². The van der Waals surface area contributed by atoms with E-state index in [2.05, 4.69) is 25.2 Å². The van der Waals surface area contributed by atoms with Crippen LogP contribution in [-0.4, -0.2) is 50.6 Å². The topological polar surface area (TPSA) is 66.0 Å². The molecule has 0 bridgehead atoms. The summed E-state index contributed by atoms with van der Waals surface area (Å²) >= 11 is 0. The summed E-state index contributed by atoms with van der Waals surface area (Å²) in [4.78, 5) is 11.9. The molecule has 1 unspecified atom stereocenters. The molecular formula is C19H29NO5. The number of hydrogen-bond donors (Lipinski definition) is 1. The molecule has 0 saturated carbocycles. The summed E-state index contributed by atoms with van der Waals surface area (Å²) in [6.07, 6.45) is 0.359. The maximum Gasteiger partial charge on any atom is 0.248 e. The Hall–Kier alpha value is -1.79. The molecule has 1 amide bonds. The first-order valence-electron chi connectivity index (χ1n) is 8.83. The first-order chi connectivity index (χ1) is 11.9. The van der Waals surface area contributed by atoms with Gasteiger partial charge in [0.05, 0.1) is 19.8 Å². The fraction of sp³-hybridized carbons (Fsp3) is 0.632. The van der Waals surface area contributed by atoms with Crippen molar-refractivity contribution in [2.24, 2.45) is 0 Å². The Labute approximate surface area is 149 Å². The van der Waals surface area contributed by atoms with Gasteiger partial charge in [0.15, 0.2) is 11.5 Å². The molecule has 0 aliphatic carbocycles. The lowest BCUT2D eigenvalue weighted by atomic mass is 10.0. The van der Waals surface area contributed by atoms with E-state index < -0.39 is 6.10 Å². The van der Waals surface area contributed by atoms with Crippen LogP contribution >= 0.6 is 0 Å². The lowest BCUT2D eigenvalue weighted by Crippen LogP contribution is -2.37. The molecule has 1 aliphatic heterocycles. The van der Waals surface area contributed by atoms with Gasteiger partial charge in [0, 0.05) is 18.6 Å². The van der Waals surface area contributed by atoms with Crippen LogP contribution in [0.2, 0.25) is 0 Å². The van der Waals surface area contributed by atoms with Gasteiger partial charge in [-0.15, -0.1) is 0 Å². The number of ether oxygens (including phenoxy) is 4. The number of carbonyl (C=O) groups excluding carboxylic acids is 1. The molecule has 2 rings (SSSR count). The van der Waals surface area contributed by atoms with Crippen LogP contribution < -0.4 is 14.8 Å². The molecule has 6 heteroatoms. The van der Waals surface area contributed by atoms with Gasteiger partial charge in [-0.2, -0.15) is 0 Å². The summed E-state index contributed by atoms with van der Waals surface area (Å²) in [6.45, 7) is 10.1. The minimum Gasteiger partial charge on any atom is -0.488 e. The first-order valence-corrected chi connectivity index (χ1v) is 8.83. The predicted octanol–water partition coefficient (Wildman–Crippen LogP) is 2.34. The van der Waals surface area contributed by atoms with Gasteiger partial charge < -0.3 is 24.3 Å². The zero-order valence-electron chi connectivity index (χ0n) is 15.6. The van der Waals surface area contributed by atoms with E-state index in [1.54, 1.807) is 6.92 Å². The average molecular weight is 351 g/mol. The summed E-state index contributed by atoms with van der Waals surface area (Å²) in [5, 5.41) is 2.81. The number of hydrogen-bond acceptors (Lipinski definition) is 5. The summed E-state index contributed by atoms with van der Waals surface area (Å²) in [5.41, 5.74) is 0.951. The van der Waals surface area contributed by atoms with Crippen molar-refractivity contribution in [3.05, 3.63) is 23.8 Å². The van der Waals surface area contributed by atoms with Gasteiger partial charge >= 0.3 is 0 Å². The van der Waals surface area contributed by atoms with Crippen molar-refractivity contribution in [3.8, 4) is 11.5 Å². The van der Waals surface area contributed by atoms with E-state index in [0.717, 1.165) is 23.5 Å². The maximum absolute atomic E-state index is 11.9. The third-order valence-electron chi connectivity index (χ3n) is 3.88. The van der Waals surface area contributed by atoms with Crippen LogP contribution in [0.5, 0.6) is 11.5 Å². The molecule has 0 saturated heterocycles. The predicted molar refractivity (Wildman–Crippen MR) is 95.3 cm³/mol. The van der Waals surface area contributed by atoms with E-state index >= 15 is 0 Å². The highest BCUT2D eigenvalue weighted by molar-refractivity contribution is 5.80. The summed E-state index contributed by atoms with van der Waals surface area (Å²) in [6, 6.07) is 5.91. The molecule has 25 heavy (non-hydrogen) atoms. The fourth-order valence-electron chi connectivity index (χ4n) is 2.68. The smallest absolute Gasteiger partial charge is 0.248 e. The van der Waals surface area contributed by atoms with E-state index in [1.165, 1.54) is 0 Å². The molecule has 1 aliphatic rings. The molecule has 1 aromatic carbocycles. The minimum absolute atomic E-state index is 0.157. The summed E-state index contributed by atoms with van der Waals surface area (Å²) < 4.78 is 22.3. The van der Waals surface area contributed by atoms with Crippen LogP contribution in [0.1, 0.15) is 33.3 Å². The van der Waals surface area contributed by atoms with Gasteiger partial charge in [0.2, 0.25) is 5.91 Å². The second-order valence-electron chi connectivity index (χ2n) is 6.63. The number of rotatable bonds is 10. The van der Waals surface area contributed by atoms with Crippen molar-refractivity contribution in [2.75, 3.05) is 33.0 Å². The van der Waals surface area contributed by atoms with E-state index in [1.807, 2.05) is 19.1 Å². The number of fused-ring (bicyclic) bond motifs is 1. The monoisotopic (exact) mass is 351 g/mol. The molecule has 1 aromatic rings. The van der Waals surface area contributed by atoms with E-state index in [4.69, 9.17) is 18.9 Å². The van der Waals surface area contributed by atoms with Crippen molar-refractivity contribution >= 4 is 5.91 Å². The van der Waals surface area contributed by atoms with Crippen LogP contribution in [0, 0.1) is 0 Å². The molecule has 1 N–H and O–H groups in total. The van der Waals surface area contributed by atoms with Crippen molar-refractivity contribution < 1.29 is 23.7 Å². The number of carbonyl (C=O) groups is 1. The molecule has 1 heterocycles. The Bertz CT molecular complexity index is 573. The van der Waals surface area contributed by atoms with Gasteiger partial charge in [-0.3, -0.25) is 4.79 Å². The standard InChI is InChI=1S/C19H29NO5/c1-5-22-11-12-23-14(2)18(21)20-9-10-24-16-8-6-7-15-13-19(3,4)25-17(15)16/h6-8,14H,5,9-13H2,1-4H3,(H,20,21). The third kappa shape index (κ3) is 5.90. The Morgan fingerprint density at radius 1 is 1.32 bits per heavy atom. The number of nitrogens with one attached hydrogen (secondary N) is 1. The first kappa shape index (κ1) is 19.5. The number of benzene rings is 1. The number of amides is 1. The van der Waals surface area contributed by atoms with E-state index in [-0.39, 0.29) is 11.5 Å². The SMILES string of the molecule is CCOCCOC(C)C(=O)NCCOc1cccc2c1OC(C)(C)C2. The quantitative estimate of drug-likeness (QED) is 0.656. The molecule has 0 radical (unpaired) electrons. The molecule has 1 atom stereocenters. The van der Waals surface area contributed by atoms with Crippen LogP contribution in [0.3, 0.4) is 0 Å². The second-order valence-corrected chi connectivity index (χ2v) is 6.63. The Kier molecular flexibility index (Phi) is 7.08. The Morgan fingerprint density at radius 2 is 2.12 bits per heavy atom. The molecule has 0 aromatic heterocycles. The number of para-hydroxylation sites is 1. The van der Waals surface area contributed by atoms with Crippen molar-refractivity contribution in [1.82, 2.24) is 5.32 Å². The zero-order chi connectivity index (χ0) is 18.3. The van der Waals surface area contributed by atoms with Crippen LogP contribution in [0.4, 0.5) is 0 Å². The van der Waals surface area contributed by atoms with Crippen LogP contribution in [-0.2, 0) is 20.7 Å². The third-order valence-corrected chi connectivity index (χ3v) is 3.88. The highest BCUT2D eigenvalue weighted by atomic mass is 16.5. The molecule has 140 valence electrons. The molecule has 6 nitrogen and oxygen atoms in total. The minimum atomic E-state index is -0.509. The van der Waals surface area contributed by atoms with Crippen molar-refractivity contribution in [2.45, 2.75) is 45.8 Å². The average Bonchev–Trinajstić information content (AvgIpc) is 2.89. The Balaban J connectivity index is 1.70. The van der Waals surface area contributed by atoms with Gasteiger partial charge in [-0.05, 0) is 33.8 Å².